The average Bonchev–Trinajstić information content (AvgIpc) is 2.90. The fourth-order valence-corrected chi connectivity index (χ4v) is 4.71. The largest absolute Gasteiger partial charge is 0.312 e. The minimum absolute atomic E-state index is 0.140. The molecule has 0 amide bonds. The van der Waals surface area contributed by atoms with Gasteiger partial charge in [0.05, 0.1) is 0 Å². The highest BCUT2D eigenvalue weighted by atomic mass is 32.2. The smallest absolute Gasteiger partial charge is 0.279 e. The summed E-state index contributed by atoms with van der Waals surface area (Å²) >= 11 is 0. The lowest BCUT2D eigenvalue weighted by Gasteiger charge is -2.38. The Hall–Kier alpha value is -0.170. The molecule has 2 N–H and O–H groups in total. The molecule has 2 saturated heterocycles. The van der Waals surface area contributed by atoms with Crippen LogP contribution in [0.2, 0.25) is 0 Å². The molecule has 5 nitrogen and oxygen atoms in total. The van der Waals surface area contributed by atoms with E-state index in [1.807, 2.05) is 13.8 Å². The van der Waals surface area contributed by atoms with Crippen LogP contribution in [-0.4, -0.2) is 44.4 Å². The molecular formula is C13H27N3O2S. The van der Waals surface area contributed by atoms with Crippen molar-refractivity contribution in [1.29, 1.82) is 0 Å². The van der Waals surface area contributed by atoms with Gasteiger partial charge in [0.1, 0.15) is 0 Å². The number of rotatable bonds is 5. The number of hydrogen-bond acceptors (Lipinski definition) is 3. The Kier molecular flexibility index (Phi) is 5.22. The Morgan fingerprint density at radius 3 is 2.68 bits per heavy atom. The van der Waals surface area contributed by atoms with Crippen molar-refractivity contribution in [1.82, 2.24) is 14.3 Å². The van der Waals surface area contributed by atoms with E-state index in [2.05, 4.69) is 10.0 Å². The van der Waals surface area contributed by atoms with Crippen LogP contribution in [0.4, 0.5) is 0 Å². The van der Waals surface area contributed by atoms with E-state index >= 15 is 0 Å². The second-order valence-corrected chi connectivity index (χ2v) is 7.83. The molecule has 2 aliphatic rings. The lowest BCUT2D eigenvalue weighted by atomic mass is 9.97. The molecule has 2 unspecified atom stereocenters. The van der Waals surface area contributed by atoms with Crippen molar-refractivity contribution >= 4 is 10.2 Å². The molecule has 0 aromatic heterocycles. The molecule has 0 aromatic carbocycles. The SMILES string of the molecule is CC(C)CNS(=O)(=O)N1CCCCC1C1CCCN1. The van der Waals surface area contributed by atoms with Gasteiger partial charge in [0.15, 0.2) is 0 Å². The summed E-state index contributed by atoms with van der Waals surface area (Å²) in [7, 11) is -3.32. The van der Waals surface area contributed by atoms with Crippen LogP contribution in [0, 0.1) is 5.92 Å². The van der Waals surface area contributed by atoms with Crippen LogP contribution < -0.4 is 10.0 Å². The first-order chi connectivity index (χ1) is 9.00. The maximum Gasteiger partial charge on any atom is 0.279 e. The zero-order chi connectivity index (χ0) is 13.9. The topological polar surface area (TPSA) is 61.4 Å². The van der Waals surface area contributed by atoms with E-state index in [0.29, 0.717) is 25.0 Å². The number of hydrogen-bond donors (Lipinski definition) is 2. The fraction of sp³-hybridized carbons (Fsp3) is 1.00. The van der Waals surface area contributed by atoms with Crippen molar-refractivity contribution in [2.45, 2.75) is 58.0 Å². The third-order valence-electron chi connectivity index (χ3n) is 4.04. The second kappa shape index (κ2) is 6.52. The first-order valence-electron chi connectivity index (χ1n) is 7.50. The summed E-state index contributed by atoms with van der Waals surface area (Å²) in [5.74, 6) is 0.336. The molecule has 2 aliphatic heterocycles. The summed E-state index contributed by atoms with van der Waals surface area (Å²) in [5.41, 5.74) is 0. The van der Waals surface area contributed by atoms with E-state index in [4.69, 9.17) is 0 Å². The normalized spacial score (nSPS) is 30.1. The molecule has 2 fully saturated rings. The minimum Gasteiger partial charge on any atom is -0.312 e. The van der Waals surface area contributed by atoms with E-state index in [-0.39, 0.29) is 6.04 Å². The standard InChI is InChI=1S/C13H27N3O2S/c1-11(2)10-15-19(17,18)16-9-4-3-7-13(16)12-6-5-8-14-12/h11-15H,3-10H2,1-2H3. The van der Waals surface area contributed by atoms with Gasteiger partial charge < -0.3 is 5.32 Å². The number of nitrogens with zero attached hydrogens (tertiary/aromatic N) is 1. The maximum atomic E-state index is 12.4. The molecule has 0 saturated carbocycles. The maximum absolute atomic E-state index is 12.4. The number of piperidine rings is 1. The van der Waals surface area contributed by atoms with Crippen molar-refractivity contribution < 1.29 is 8.42 Å². The van der Waals surface area contributed by atoms with Crippen LogP contribution in [0.1, 0.15) is 46.0 Å². The molecule has 112 valence electrons. The van der Waals surface area contributed by atoms with Gasteiger partial charge in [-0.05, 0) is 38.1 Å². The Morgan fingerprint density at radius 1 is 1.26 bits per heavy atom. The predicted octanol–water partition coefficient (Wildman–Crippen LogP) is 1.08. The second-order valence-electron chi connectivity index (χ2n) is 6.12. The lowest BCUT2D eigenvalue weighted by Crippen LogP contribution is -2.55. The van der Waals surface area contributed by atoms with E-state index in [1.54, 1.807) is 4.31 Å². The van der Waals surface area contributed by atoms with E-state index in [9.17, 15) is 8.42 Å². The van der Waals surface area contributed by atoms with Crippen molar-refractivity contribution in [2.75, 3.05) is 19.6 Å². The zero-order valence-corrected chi connectivity index (χ0v) is 12.9. The van der Waals surface area contributed by atoms with Crippen LogP contribution in [0.25, 0.3) is 0 Å². The van der Waals surface area contributed by atoms with Crippen molar-refractivity contribution in [3.8, 4) is 0 Å². The Bertz CT molecular complexity index is 377. The van der Waals surface area contributed by atoms with E-state index in [1.165, 1.54) is 0 Å². The Balaban J connectivity index is 2.05. The van der Waals surface area contributed by atoms with Crippen molar-refractivity contribution in [2.24, 2.45) is 5.92 Å². The molecule has 2 rings (SSSR count). The van der Waals surface area contributed by atoms with Crippen molar-refractivity contribution in [3.05, 3.63) is 0 Å². The van der Waals surface area contributed by atoms with Crippen LogP contribution in [0.3, 0.4) is 0 Å². The first kappa shape index (κ1) is 15.2. The summed E-state index contributed by atoms with van der Waals surface area (Å²) in [4.78, 5) is 0. The van der Waals surface area contributed by atoms with Gasteiger partial charge in [0.2, 0.25) is 0 Å². The van der Waals surface area contributed by atoms with Crippen LogP contribution in [0.15, 0.2) is 0 Å². The van der Waals surface area contributed by atoms with Gasteiger partial charge in [0.25, 0.3) is 10.2 Å². The summed E-state index contributed by atoms with van der Waals surface area (Å²) in [5, 5.41) is 3.46. The molecule has 0 radical (unpaired) electrons. The average molecular weight is 289 g/mol. The van der Waals surface area contributed by atoms with Gasteiger partial charge in [-0.15, -0.1) is 0 Å². The molecule has 6 heteroatoms. The predicted molar refractivity (Wildman–Crippen MR) is 77.1 cm³/mol. The Morgan fingerprint density at radius 2 is 2.05 bits per heavy atom. The highest BCUT2D eigenvalue weighted by Gasteiger charge is 2.37. The summed E-state index contributed by atoms with van der Waals surface area (Å²) in [6.07, 6.45) is 5.36. The lowest BCUT2D eigenvalue weighted by molar-refractivity contribution is 0.208. The summed E-state index contributed by atoms with van der Waals surface area (Å²) in [6, 6.07) is 0.483. The van der Waals surface area contributed by atoms with Gasteiger partial charge in [-0.1, -0.05) is 20.3 Å². The molecule has 2 heterocycles. The Labute approximate surface area is 117 Å². The van der Waals surface area contributed by atoms with Crippen molar-refractivity contribution in [3.63, 3.8) is 0 Å². The molecular weight excluding hydrogens is 262 g/mol. The summed E-state index contributed by atoms with van der Waals surface area (Å²) < 4.78 is 29.4. The molecule has 0 aliphatic carbocycles. The minimum atomic E-state index is -3.32. The molecule has 2 atom stereocenters. The quantitative estimate of drug-likeness (QED) is 0.796. The van der Waals surface area contributed by atoms with E-state index in [0.717, 1.165) is 38.6 Å². The fourth-order valence-electron chi connectivity index (χ4n) is 3.03. The third-order valence-corrected chi connectivity index (χ3v) is 5.65. The van der Waals surface area contributed by atoms with Crippen LogP contribution in [-0.2, 0) is 10.2 Å². The summed E-state index contributed by atoms with van der Waals surface area (Å²) in [6.45, 7) is 6.25. The monoisotopic (exact) mass is 289 g/mol. The molecule has 19 heavy (non-hydrogen) atoms. The van der Waals surface area contributed by atoms with Gasteiger partial charge >= 0.3 is 0 Å². The molecule has 0 bridgehead atoms. The molecule has 0 spiro atoms. The van der Waals surface area contributed by atoms with Gasteiger partial charge in [-0.3, -0.25) is 0 Å². The van der Waals surface area contributed by atoms with Gasteiger partial charge in [-0.2, -0.15) is 12.7 Å². The van der Waals surface area contributed by atoms with Crippen LogP contribution >= 0.6 is 0 Å². The molecule has 0 aromatic rings. The van der Waals surface area contributed by atoms with Gasteiger partial charge in [-0.25, -0.2) is 4.72 Å². The third kappa shape index (κ3) is 3.90. The highest BCUT2D eigenvalue weighted by molar-refractivity contribution is 7.87. The van der Waals surface area contributed by atoms with E-state index < -0.39 is 10.2 Å². The van der Waals surface area contributed by atoms with Gasteiger partial charge in [0, 0.05) is 25.2 Å². The number of nitrogens with one attached hydrogen (secondary N) is 2. The first-order valence-corrected chi connectivity index (χ1v) is 8.94. The highest BCUT2D eigenvalue weighted by Crippen LogP contribution is 2.26. The zero-order valence-electron chi connectivity index (χ0n) is 12.1. The van der Waals surface area contributed by atoms with Crippen LogP contribution in [0.5, 0.6) is 0 Å².